The molecule has 1 amide bonds. The minimum absolute atomic E-state index is 0.251. The number of ether oxygens (including phenoxy) is 2. The van der Waals surface area contributed by atoms with E-state index in [0.717, 1.165) is 33.6 Å². The van der Waals surface area contributed by atoms with Crippen LogP contribution in [0.1, 0.15) is 43.9 Å². The zero-order valence-electron chi connectivity index (χ0n) is 21.5. The van der Waals surface area contributed by atoms with Crippen LogP contribution in [-0.4, -0.2) is 18.7 Å². The van der Waals surface area contributed by atoms with Crippen LogP contribution < -0.4 is 5.32 Å². The average Bonchev–Trinajstić information content (AvgIpc) is 3.67. The van der Waals surface area contributed by atoms with Crippen LogP contribution in [0, 0.1) is 5.13 Å². The van der Waals surface area contributed by atoms with Gasteiger partial charge < -0.3 is 9.47 Å². The van der Waals surface area contributed by atoms with E-state index in [4.69, 9.17) is 21.1 Å². The Kier molecular flexibility index (Phi) is 7.73. The second kappa shape index (κ2) is 11.2. The van der Waals surface area contributed by atoms with E-state index in [1.54, 1.807) is 38.1 Å². The van der Waals surface area contributed by atoms with E-state index in [1.807, 2.05) is 48.5 Å². The number of hydrogen-bond acceptors (Lipinski definition) is 5. The lowest BCUT2D eigenvalue weighted by molar-refractivity contribution is -0.146. The van der Waals surface area contributed by atoms with Crippen LogP contribution in [0.25, 0.3) is 21.6 Å². The van der Waals surface area contributed by atoms with E-state index >= 15 is 0 Å². The molecular formula is C31H27ClFNO4S. The molecule has 5 nitrogen and oxygen atoms in total. The first kappa shape index (κ1) is 26.9. The monoisotopic (exact) mass is 563 g/mol. The first-order valence-electron chi connectivity index (χ1n) is 12.7. The smallest absolute Gasteiger partial charge is 0.412 e. The number of carbonyl (C=O) groups is 2. The number of halogens is 2. The third kappa shape index (κ3) is 5.70. The van der Waals surface area contributed by atoms with Crippen molar-refractivity contribution >= 4 is 40.7 Å². The van der Waals surface area contributed by atoms with Gasteiger partial charge in [0.15, 0.2) is 5.13 Å². The van der Waals surface area contributed by atoms with Crippen LogP contribution in [0.15, 0.2) is 78.9 Å². The van der Waals surface area contributed by atoms with E-state index in [-0.39, 0.29) is 5.97 Å². The number of nitrogens with one attached hydrogen (secondary N) is 1. The van der Waals surface area contributed by atoms with Crippen molar-refractivity contribution in [2.75, 3.05) is 11.9 Å². The van der Waals surface area contributed by atoms with Crippen molar-refractivity contribution in [1.82, 2.24) is 0 Å². The van der Waals surface area contributed by atoms with Gasteiger partial charge in [-0.25, -0.2) is 4.79 Å². The van der Waals surface area contributed by atoms with Gasteiger partial charge in [0.05, 0.1) is 22.6 Å². The number of thiophene rings is 1. The van der Waals surface area contributed by atoms with Gasteiger partial charge in [0.2, 0.25) is 0 Å². The minimum Gasteiger partial charge on any atom is -0.465 e. The number of carbonyl (C=O) groups excluding carboxylic acids is 2. The third-order valence-electron chi connectivity index (χ3n) is 6.88. The van der Waals surface area contributed by atoms with Crippen molar-refractivity contribution in [3.05, 3.63) is 100 Å². The summed E-state index contributed by atoms with van der Waals surface area (Å²) in [4.78, 5) is 26.2. The van der Waals surface area contributed by atoms with Gasteiger partial charge >= 0.3 is 12.1 Å². The van der Waals surface area contributed by atoms with Gasteiger partial charge in [0.25, 0.3) is 0 Å². The van der Waals surface area contributed by atoms with Gasteiger partial charge in [-0.05, 0) is 67.1 Å². The van der Waals surface area contributed by atoms with Gasteiger partial charge in [0.1, 0.15) is 6.10 Å². The Hall–Kier alpha value is -3.68. The fraction of sp³-hybridized carbons (Fsp3) is 0.226. The first-order chi connectivity index (χ1) is 18.8. The Balaban J connectivity index is 1.50. The van der Waals surface area contributed by atoms with Gasteiger partial charge in [-0.1, -0.05) is 66.2 Å². The van der Waals surface area contributed by atoms with E-state index in [9.17, 15) is 14.0 Å². The molecule has 5 rings (SSSR count). The zero-order chi connectivity index (χ0) is 27.6. The lowest BCUT2D eigenvalue weighted by Gasteiger charge is -2.18. The Morgan fingerprint density at radius 2 is 1.74 bits per heavy atom. The molecule has 1 aliphatic carbocycles. The Morgan fingerprint density at radius 1 is 1.03 bits per heavy atom. The minimum atomic E-state index is -0.709. The van der Waals surface area contributed by atoms with Crippen molar-refractivity contribution < 1.29 is 23.5 Å². The molecule has 1 saturated carbocycles. The highest BCUT2D eigenvalue weighted by molar-refractivity contribution is 7.14. The number of rotatable bonds is 8. The largest absolute Gasteiger partial charge is 0.465 e. The van der Waals surface area contributed by atoms with Gasteiger partial charge in [-0.2, -0.15) is 4.39 Å². The molecule has 1 atom stereocenters. The molecule has 1 unspecified atom stereocenters. The Morgan fingerprint density at radius 3 is 2.41 bits per heavy atom. The van der Waals surface area contributed by atoms with E-state index in [1.165, 1.54) is 6.07 Å². The van der Waals surface area contributed by atoms with Crippen LogP contribution in [0.5, 0.6) is 0 Å². The molecule has 0 radical (unpaired) electrons. The molecule has 1 N–H and O–H groups in total. The molecule has 0 bridgehead atoms. The highest BCUT2D eigenvalue weighted by Gasteiger charge is 2.53. The summed E-state index contributed by atoms with van der Waals surface area (Å²) >= 11 is 6.89. The molecule has 8 heteroatoms. The number of esters is 1. The molecule has 39 heavy (non-hydrogen) atoms. The number of benzene rings is 3. The normalized spacial score (nSPS) is 14.4. The van der Waals surface area contributed by atoms with E-state index in [0.29, 0.717) is 40.6 Å². The second-order valence-electron chi connectivity index (χ2n) is 9.45. The van der Waals surface area contributed by atoms with Gasteiger partial charge in [-0.15, -0.1) is 11.3 Å². The molecular weight excluding hydrogens is 537 g/mol. The molecule has 0 saturated heterocycles. The summed E-state index contributed by atoms with van der Waals surface area (Å²) in [6.45, 7) is 3.84. The van der Waals surface area contributed by atoms with Crippen LogP contribution in [-0.2, 0) is 19.7 Å². The summed E-state index contributed by atoms with van der Waals surface area (Å²) in [5.74, 6) is -0.251. The summed E-state index contributed by atoms with van der Waals surface area (Å²) in [5, 5.41) is 2.86. The van der Waals surface area contributed by atoms with Crippen LogP contribution in [0.4, 0.5) is 14.9 Å². The van der Waals surface area contributed by atoms with Crippen molar-refractivity contribution in [2.24, 2.45) is 0 Å². The maximum atomic E-state index is 14.7. The number of amides is 1. The summed E-state index contributed by atoms with van der Waals surface area (Å²) in [6, 6.07) is 23.8. The number of hydrogen-bond donors (Lipinski definition) is 1. The fourth-order valence-corrected chi connectivity index (χ4v) is 5.66. The molecule has 1 fully saturated rings. The standard InChI is InChI=1S/C31H27ClFNO4S/c1-3-37-29(35)31(15-16-31)22-11-14-24(21-7-5-4-6-8-21)25(17-22)28-26(18-27(33)39-28)34-30(36)38-19(2)20-9-12-23(32)13-10-20/h4-14,17-19H,3,15-16H2,1-2H3,(H,34,36). The summed E-state index contributed by atoms with van der Waals surface area (Å²) < 4.78 is 25.7. The second-order valence-corrected chi connectivity index (χ2v) is 10.9. The zero-order valence-corrected chi connectivity index (χ0v) is 23.1. The van der Waals surface area contributed by atoms with Crippen LogP contribution in [0.2, 0.25) is 5.02 Å². The van der Waals surface area contributed by atoms with Gasteiger partial charge in [0, 0.05) is 16.7 Å². The number of anilines is 1. The van der Waals surface area contributed by atoms with E-state index < -0.39 is 22.7 Å². The fourth-order valence-electron chi connectivity index (χ4n) is 4.66. The van der Waals surface area contributed by atoms with Crippen molar-refractivity contribution in [2.45, 2.75) is 38.2 Å². The van der Waals surface area contributed by atoms with Gasteiger partial charge in [-0.3, -0.25) is 10.1 Å². The summed E-state index contributed by atoms with van der Waals surface area (Å²) in [6.07, 6.45) is 0.125. The highest BCUT2D eigenvalue weighted by Crippen LogP contribution is 2.52. The Labute approximate surface area is 235 Å². The van der Waals surface area contributed by atoms with Crippen LogP contribution >= 0.6 is 22.9 Å². The molecule has 1 aliphatic rings. The van der Waals surface area contributed by atoms with Crippen LogP contribution in [0.3, 0.4) is 0 Å². The average molecular weight is 564 g/mol. The molecule has 0 aliphatic heterocycles. The highest BCUT2D eigenvalue weighted by atomic mass is 35.5. The lowest BCUT2D eigenvalue weighted by atomic mass is 9.89. The lowest BCUT2D eigenvalue weighted by Crippen LogP contribution is -2.23. The van der Waals surface area contributed by atoms with E-state index in [2.05, 4.69) is 5.32 Å². The van der Waals surface area contributed by atoms with Crippen molar-refractivity contribution in [1.29, 1.82) is 0 Å². The van der Waals surface area contributed by atoms with Crippen molar-refractivity contribution in [3.63, 3.8) is 0 Å². The predicted molar refractivity (Wildman–Crippen MR) is 153 cm³/mol. The predicted octanol–water partition coefficient (Wildman–Crippen LogP) is 8.78. The maximum Gasteiger partial charge on any atom is 0.412 e. The molecule has 1 heterocycles. The molecule has 0 spiro atoms. The molecule has 4 aromatic rings. The first-order valence-corrected chi connectivity index (χ1v) is 13.9. The quantitative estimate of drug-likeness (QED) is 0.218. The molecule has 200 valence electrons. The maximum absolute atomic E-state index is 14.7. The molecule has 1 aromatic heterocycles. The third-order valence-corrected chi connectivity index (χ3v) is 8.09. The molecule has 3 aromatic carbocycles. The Bertz CT molecular complexity index is 1500. The van der Waals surface area contributed by atoms with Crippen molar-refractivity contribution in [3.8, 4) is 21.6 Å². The summed E-state index contributed by atoms with van der Waals surface area (Å²) in [7, 11) is 0. The SMILES string of the molecule is CCOC(=O)C1(c2ccc(-c3ccccc3)c(-c3sc(F)cc3NC(=O)OC(C)c3ccc(Cl)cc3)c2)CC1. The summed E-state index contributed by atoms with van der Waals surface area (Å²) in [5.41, 5.74) is 3.68. The topological polar surface area (TPSA) is 64.6 Å².